The molecule has 0 aliphatic heterocycles. The molecule has 110 valence electrons. The Hall–Kier alpha value is -2.36. The van der Waals surface area contributed by atoms with Crippen molar-refractivity contribution in [3.8, 4) is 0 Å². The van der Waals surface area contributed by atoms with Crippen molar-refractivity contribution in [3.05, 3.63) is 53.7 Å². The van der Waals surface area contributed by atoms with Crippen LogP contribution >= 0.6 is 0 Å². The molecule has 0 atom stereocenters. The number of rotatable bonds is 5. The molecule has 0 bridgehead atoms. The van der Waals surface area contributed by atoms with Crippen LogP contribution < -0.4 is 10.6 Å². The minimum absolute atomic E-state index is 0.136. The second-order valence-corrected chi connectivity index (χ2v) is 5.48. The van der Waals surface area contributed by atoms with E-state index >= 15 is 0 Å². The van der Waals surface area contributed by atoms with E-state index in [9.17, 15) is 4.79 Å². The minimum Gasteiger partial charge on any atom is -0.384 e. The number of anilines is 2. The zero-order chi connectivity index (χ0) is 15.2. The summed E-state index contributed by atoms with van der Waals surface area (Å²) in [5.74, 6) is 0.993. The molecule has 1 aromatic heterocycles. The summed E-state index contributed by atoms with van der Waals surface area (Å²) in [7, 11) is 0. The Morgan fingerprint density at radius 2 is 1.95 bits per heavy atom. The lowest BCUT2D eigenvalue weighted by atomic mass is 10.1. The number of carbonyl (C=O) groups excluding carboxylic acids is 1. The van der Waals surface area contributed by atoms with Gasteiger partial charge in [0.15, 0.2) is 0 Å². The number of pyridine rings is 1. The van der Waals surface area contributed by atoms with E-state index in [2.05, 4.69) is 29.5 Å². The van der Waals surface area contributed by atoms with Crippen LogP contribution in [0.3, 0.4) is 0 Å². The molecule has 1 aromatic carbocycles. The van der Waals surface area contributed by atoms with Crippen LogP contribution in [-0.2, 0) is 0 Å². The van der Waals surface area contributed by atoms with Crippen molar-refractivity contribution in [2.24, 2.45) is 5.92 Å². The summed E-state index contributed by atoms with van der Waals surface area (Å²) >= 11 is 0. The van der Waals surface area contributed by atoms with Crippen molar-refractivity contribution in [2.75, 3.05) is 17.2 Å². The van der Waals surface area contributed by atoms with Crippen LogP contribution in [0.5, 0.6) is 0 Å². The summed E-state index contributed by atoms with van der Waals surface area (Å²) in [5, 5.41) is 6.10. The number of amides is 1. The summed E-state index contributed by atoms with van der Waals surface area (Å²) < 4.78 is 0. The summed E-state index contributed by atoms with van der Waals surface area (Å²) in [4.78, 5) is 16.4. The number of nitrogens with zero attached hydrogens (tertiary/aromatic N) is 1. The number of benzene rings is 1. The summed E-state index contributed by atoms with van der Waals surface area (Å²) in [6, 6.07) is 11.2. The summed E-state index contributed by atoms with van der Waals surface area (Å²) in [6.07, 6.45) is 1.73. The normalized spacial score (nSPS) is 10.5. The zero-order valence-electron chi connectivity index (χ0n) is 12.7. The minimum atomic E-state index is -0.136. The lowest BCUT2D eigenvalue weighted by Crippen LogP contribution is -2.14. The molecule has 2 aromatic rings. The molecule has 0 saturated carbocycles. The first-order valence-corrected chi connectivity index (χ1v) is 7.13. The van der Waals surface area contributed by atoms with Crippen LogP contribution in [0.15, 0.2) is 42.6 Å². The third-order valence-corrected chi connectivity index (χ3v) is 3.11. The highest BCUT2D eigenvalue weighted by Crippen LogP contribution is 2.13. The molecule has 0 saturated heterocycles. The molecule has 0 radical (unpaired) electrons. The summed E-state index contributed by atoms with van der Waals surface area (Å²) in [5.41, 5.74) is 2.57. The van der Waals surface area contributed by atoms with E-state index in [1.807, 2.05) is 37.3 Å². The van der Waals surface area contributed by atoms with Gasteiger partial charge >= 0.3 is 0 Å². The van der Waals surface area contributed by atoms with Crippen molar-refractivity contribution in [2.45, 2.75) is 20.8 Å². The van der Waals surface area contributed by atoms with Gasteiger partial charge in [-0.2, -0.15) is 0 Å². The van der Waals surface area contributed by atoms with E-state index in [0.717, 1.165) is 17.8 Å². The largest absolute Gasteiger partial charge is 0.384 e. The third kappa shape index (κ3) is 4.31. The van der Waals surface area contributed by atoms with Gasteiger partial charge in [-0.1, -0.05) is 32.0 Å². The van der Waals surface area contributed by atoms with Crippen LogP contribution in [0.1, 0.15) is 29.8 Å². The molecule has 0 aliphatic carbocycles. The highest BCUT2D eigenvalue weighted by atomic mass is 16.1. The van der Waals surface area contributed by atoms with Crippen LogP contribution in [0, 0.1) is 12.8 Å². The van der Waals surface area contributed by atoms with E-state index in [4.69, 9.17) is 0 Å². The van der Waals surface area contributed by atoms with Crippen molar-refractivity contribution >= 4 is 17.4 Å². The van der Waals surface area contributed by atoms with Crippen molar-refractivity contribution in [1.82, 2.24) is 4.98 Å². The first-order chi connectivity index (χ1) is 10.1. The van der Waals surface area contributed by atoms with E-state index in [0.29, 0.717) is 17.3 Å². The van der Waals surface area contributed by atoms with Gasteiger partial charge in [0.1, 0.15) is 5.82 Å². The Bertz CT molecular complexity index is 606. The summed E-state index contributed by atoms with van der Waals surface area (Å²) in [6.45, 7) is 7.12. The molecule has 4 heteroatoms. The van der Waals surface area contributed by atoms with Gasteiger partial charge in [0.25, 0.3) is 5.91 Å². The first-order valence-electron chi connectivity index (χ1n) is 7.13. The van der Waals surface area contributed by atoms with Gasteiger partial charge in [0.2, 0.25) is 0 Å². The maximum Gasteiger partial charge on any atom is 0.257 e. The van der Waals surface area contributed by atoms with Gasteiger partial charge < -0.3 is 10.6 Å². The fraction of sp³-hybridized carbons (Fsp3) is 0.294. The van der Waals surface area contributed by atoms with Gasteiger partial charge in [-0.05, 0) is 36.6 Å². The van der Waals surface area contributed by atoms with Crippen LogP contribution in [0.4, 0.5) is 11.5 Å². The van der Waals surface area contributed by atoms with Crippen molar-refractivity contribution < 1.29 is 4.79 Å². The SMILES string of the molecule is Cc1ccccc1C(=O)Nc1ccc(NCC(C)C)cn1. The average molecular weight is 283 g/mol. The molecule has 0 spiro atoms. The fourth-order valence-electron chi connectivity index (χ4n) is 1.91. The Morgan fingerprint density at radius 3 is 2.57 bits per heavy atom. The van der Waals surface area contributed by atoms with E-state index < -0.39 is 0 Å². The van der Waals surface area contributed by atoms with Gasteiger partial charge in [0.05, 0.1) is 11.9 Å². The fourth-order valence-corrected chi connectivity index (χ4v) is 1.91. The maximum absolute atomic E-state index is 12.2. The zero-order valence-corrected chi connectivity index (χ0v) is 12.7. The second kappa shape index (κ2) is 6.88. The highest BCUT2D eigenvalue weighted by Gasteiger charge is 2.08. The lowest BCUT2D eigenvalue weighted by molar-refractivity contribution is 0.102. The van der Waals surface area contributed by atoms with E-state index in [-0.39, 0.29) is 5.91 Å². The number of aromatic nitrogens is 1. The van der Waals surface area contributed by atoms with Gasteiger partial charge in [-0.15, -0.1) is 0 Å². The standard InChI is InChI=1S/C17H21N3O/c1-12(2)10-18-14-8-9-16(19-11-14)20-17(21)15-7-5-4-6-13(15)3/h4-9,11-12,18H,10H2,1-3H3,(H,19,20,21). The van der Waals surface area contributed by atoms with Crippen molar-refractivity contribution in [3.63, 3.8) is 0 Å². The Morgan fingerprint density at radius 1 is 1.19 bits per heavy atom. The average Bonchev–Trinajstić information content (AvgIpc) is 2.47. The van der Waals surface area contributed by atoms with Gasteiger partial charge in [-0.3, -0.25) is 4.79 Å². The van der Waals surface area contributed by atoms with Gasteiger partial charge in [0, 0.05) is 12.1 Å². The first kappa shape index (κ1) is 15.0. The van der Waals surface area contributed by atoms with E-state index in [1.54, 1.807) is 12.3 Å². The monoisotopic (exact) mass is 283 g/mol. The Balaban J connectivity index is 2.00. The molecule has 21 heavy (non-hydrogen) atoms. The molecule has 1 amide bonds. The van der Waals surface area contributed by atoms with Crippen LogP contribution in [0.2, 0.25) is 0 Å². The number of hydrogen-bond acceptors (Lipinski definition) is 3. The Kier molecular flexibility index (Phi) is 4.93. The molecular weight excluding hydrogens is 262 g/mol. The molecule has 2 rings (SSSR count). The predicted octanol–water partition coefficient (Wildman–Crippen LogP) is 3.71. The second-order valence-electron chi connectivity index (χ2n) is 5.48. The molecular formula is C17H21N3O. The van der Waals surface area contributed by atoms with Crippen LogP contribution in [0.25, 0.3) is 0 Å². The number of nitrogens with one attached hydrogen (secondary N) is 2. The highest BCUT2D eigenvalue weighted by molar-refractivity contribution is 6.04. The molecule has 2 N–H and O–H groups in total. The smallest absolute Gasteiger partial charge is 0.257 e. The number of hydrogen-bond donors (Lipinski definition) is 2. The third-order valence-electron chi connectivity index (χ3n) is 3.11. The molecule has 0 aliphatic rings. The Labute approximate surface area is 125 Å². The quantitative estimate of drug-likeness (QED) is 0.879. The maximum atomic E-state index is 12.2. The van der Waals surface area contributed by atoms with Crippen LogP contribution in [-0.4, -0.2) is 17.4 Å². The van der Waals surface area contributed by atoms with Crippen molar-refractivity contribution in [1.29, 1.82) is 0 Å². The lowest BCUT2D eigenvalue weighted by Gasteiger charge is -2.10. The van der Waals surface area contributed by atoms with Gasteiger partial charge in [-0.25, -0.2) is 4.98 Å². The molecule has 0 unspecified atom stereocenters. The topological polar surface area (TPSA) is 54.0 Å². The molecule has 0 fully saturated rings. The van der Waals surface area contributed by atoms with E-state index in [1.165, 1.54) is 0 Å². The molecule has 1 heterocycles. The molecule has 4 nitrogen and oxygen atoms in total. The number of aryl methyl sites for hydroxylation is 1. The number of carbonyl (C=O) groups is 1. The predicted molar refractivity (Wildman–Crippen MR) is 86.7 cm³/mol.